The van der Waals surface area contributed by atoms with Crippen molar-refractivity contribution in [3.8, 4) is 6.07 Å². The van der Waals surface area contributed by atoms with Gasteiger partial charge in [0.05, 0.1) is 18.2 Å². The van der Waals surface area contributed by atoms with Gasteiger partial charge >= 0.3 is 0 Å². The van der Waals surface area contributed by atoms with Crippen LogP contribution in [0.4, 0.5) is 14.5 Å². The number of hydrogen-bond donors (Lipinski definition) is 1. The maximum absolute atomic E-state index is 12.4. The van der Waals surface area contributed by atoms with Gasteiger partial charge in [-0.25, -0.2) is 0 Å². The molecule has 0 saturated carbocycles. The summed E-state index contributed by atoms with van der Waals surface area (Å²) in [4.78, 5) is 14.8. The molecule has 0 aliphatic rings. The number of carbonyl (C=O) groups excluding carboxylic acids is 1. The van der Waals surface area contributed by atoms with Crippen LogP contribution < -0.4 is 5.32 Å². The lowest BCUT2D eigenvalue weighted by Crippen LogP contribution is -2.35. The second-order valence-electron chi connectivity index (χ2n) is 5.92. The van der Waals surface area contributed by atoms with E-state index in [-0.39, 0.29) is 18.5 Å². The molecule has 0 radical (unpaired) electrons. The van der Waals surface area contributed by atoms with E-state index in [1.54, 1.807) is 36.4 Å². The normalized spacial score (nSPS) is 12.0. The minimum Gasteiger partial charge on any atom is -0.325 e. The number of likely N-dealkylation sites (N-methyl/N-ethyl adjacent to an activating group) is 1. The lowest BCUT2D eigenvalue weighted by molar-refractivity contribution is -0.117. The predicted octanol–water partition coefficient (Wildman–Crippen LogP) is 4.89. The number of rotatable bonds is 8. The van der Waals surface area contributed by atoms with Gasteiger partial charge in [0.15, 0.2) is 0 Å². The van der Waals surface area contributed by atoms with Crippen molar-refractivity contribution in [2.75, 3.05) is 18.4 Å². The van der Waals surface area contributed by atoms with Crippen molar-refractivity contribution in [1.29, 1.82) is 5.26 Å². The van der Waals surface area contributed by atoms with Gasteiger partial charge in [-0.05, 0) is 55.4 Å². The fourth-order valence-corrected chi connectivity index (χ4v) is 3.17. The Balaban J connectivity index is 1.96. The Bertz CT molecular complexity index is 788. The van der Waals surface area contributed by atoms with Gasteiger partial charge in [-0.2, -0.15) is 14.0 Å². The third kappa shape index (κ3) is 6.35. The summed E-state index contributed by atoms with van der Waals surface area (Å²) in [5, 5.41) is 11.7. The largest absolute Gasteiger partial charge is 0.325 e. The predicted molar refractivity (Wildman–Crippen MR) is 104 cm³/mol. The number of nitrogens with zero attached hydrogens (tertiary/aromatic N) is 2. The molecule has 7 heteroatoms. The van der Waals surface area contributed by atoms with E-state index in [0.29, 0.717) is 34.5 Å². The average Bonchev–Trinajstić information content (AvgIpc) is 2.67. The Hall–Kier alpha value is -2.43. The van der Waals surface area contributed by atoms with Gasteiger partial charge < -0.3 is 5.32 Å². The first-order valence-electron chi connectivity index (χ1n) is 8.51. The SMILES string of the molecule is CCN(CC(=O)Nc1ccc(SC(F)F)cc1)C(C)c1ccc(C#N)cc1. The molecule has 0 bridgehead atoms. The molecule has 2 aromatic carbocycles. The molecule has 1 unspecified atom stereocenters. The van der Waals surface area contributed by atoms with E-state index in [1.165, 1.54) is 0 Å². The fourth-order valence-electron chi connectivity index (χ4n) is 2.67. The standard InChI is InChI=1S/C20H21F2N3OS/c1-3-25(14(2)16-6-4-15(12-23)5-7-16)13-19(26)24-17-8-10-18(11-9-17)27-20(21)22/h4-11,14,20H,3,13H2,1-2H3,(H,24,26). The number of benzene rings is 2. The molecule has 27 heavy (non-hydrogen) atoms. The van der Waals surface area contributed by atoms with Crippen LogP contribution in [0, 0.1) is 11.3 Å². The van der Waals surface area contributed by atoms with Crippen molar-refractivity contribution in [2.45, 2.75) is 30.5 Å². The molecule has 0 heterocycles. The monoisotopic (exact) mass is 389 g/mol. The zero-order chi connectivity index (χ0) is 19.8. The zero-order valence-electron chi connectivity index (χ0n) is 15.2. The fraction of sp³-hybridized carbons (Fsp3) is 0.300. The van der Waals surface area contributed by atoms with E-state index < -0.39 is 5.76 Å². The molecule has 4 nitrogen and oxygen atoms in total. The van der Waals surface area contributed by atoms with E-state index in [4.69, 9.17) is 5.26 Å². The molecule has 0 aliphatic heterocycles. The van der Waals surface area contributed by atoms with Gasteiger partial charge in [0.25, 0.3) is 5.76 Å². The van der Waals surface area contributed by atoms with E-state index in [0.717, 1.165) is 5.56 Å². The summed E-state index contributed by atoms with van der Waals surface area (Å²) < 4.78 is 24.7. The number of amides is 1. The van der Waals surface area contributed by atoms with Crippen molar-refractivity contribution in [1.82, 2.24) is 4.90 Å². The molecule has 0 fully saturated rings. The summed E-state index contributed by atoms with van der Waals surface area (Å²) in [5.41, 5.74) is 2.19. The Morgan fingerprint density at radius 3 is 2.33 bits per heavy atom. The van der Waals surface area contributed by atoms with Gasteiger partial charge in [-0.15, -0.1) is 0 Å². The third-order valence-corrected chi connectivity index (χ3v) is 4.91. The highest BCUT2D eigenvalue weighted by atomic mass is 32.2. The number of alkyl halides is 2. The zero-order valence-corrected chi connectivity index (χ0v) is 16.0. The van der Waals surface area contributed by atoms with Crippen LogP contribution in [0.25, 0.3) is 0 Å². The molecule has 1 N–H and O–H groups in total. The molecule has 1 atom stereocenters. The number of nitrogens with one attached hydrogen (secondary N) is 1. The lowest BCUT2D eigenvalue weighted by Gasteiger charge is -2.27. The number of halogens is 2. The van der Waals surface area contributed by atoms with E-state index in [1.807, 2.05) is 30.9 Å². The summed E-state index contributed by atoms with van der Waals surface area (Å²) in [6, 6.07) is 15.8. The van der Waals surface area contributed by atoms with Crippen molar-refractivity contribution >= 4 is 23.4 Å². The van der Waals surface area contributed by atoms with Gasteiger partial charge in [-0.3, -0.25) is 9.69 Å². The Morgan fingerprint density at radius 2 is 1.81 bits per heavy atom. The highest BCUT2D eigenvalue weighted by molar-refractivity contribution is 7.99. The van der Waals surface area contributed by atoms with Crippen molar-refractivity contribution in [3.63, 3.8) is 0 Å². The van der Waals surface area contributed by atoms with Crippen LogP contribution in [-0.4, -0.2) is 29.7 Å². The molecule has 0 aromatic heterocycles. The van der Waals surface area contributed by atoms with Gasteiger partial charge in [0, 0.05) is 16.6 Å². The lowest BCUT2D eigenvalue weighted by atomic mass is 10.0. The molecule has 1 amide bonds. The number of thioether (sulfide) groups is 1. The molecular weight excluding hydrogens is 368 g/mol. The summed E-state index contributed by atoms with van der Waals surface area (Å²) in [7, 11) is 0. The molecule has 142 valence electrons. The quantitative estimate of drug-likeness (QED) is 0.653. The number of carbonyl (C=O) groups is 1. The summed E-state index contributed by atoms with van der Waals surface area (Å²) in [6.07, 6.45) is 0. The van der Waals surface area contributed by atoms with Crippen LogP contribution in [0.1, 0.15) is 31.0 Å². The Labute approximate surface area is 162 Å². The van der Waals surface area contributed by atoms with Crippen LogP contribution in [0.2, 0.25) is 0 Å². The average molecular weight is 389 g/mol. The first-order valence-corrected chi connectivity index (χ1v) is 9.39. The van der Waals surface area contributed by atoms with Gasteiger partial charge in [0.1, 0.15) is 0 Å². The molecule has 2 rings (SSSR count). The van der Waals surface area contributed by atoms with Crippen LogP contribution in [0.5, 0.6) is 0 Å². The van der Waals surface area contributed by atoms with Crippen LogP contribution in [0.15, 0.2) is 53.4 Å². The minimum absolute atomic E-state index is 0.0123. The minimum atomic E-state index is -2.47. The first-order chi connectivity index (χ1) is 12.9. The first kappa shape index (κ1) is 20.9. The maximum atomic E-state index is 12.4. The summed E-state index contributed by atoms with van der Waals surface area (Å²) in [6.45, 7) is 4.86. The topological polar surface area (TPSA) is 56.1 Å². The highest BCUT2D eigenvalue weighted by Gasteiger charge is 2.17. The number of hydrogen-bond acceptors (Lipinski definition) is 4. The van der Waals surface area contributed by atoms with Crippen LogP contribution >= 0.6 is 11.8 Å². The smallest absolute Gasteiger partial charge is 0.288 e. The Morgan fingerprint density at radius 1 is 1.19 bits per heavy atom. The number of anilines is 1. The summed E-state index contributed by atoms with van der Waals surface area (Å²) in [5.74, 6) is -2.64. The second-order valence-corrected chi connectivity index (χ2v) is 6.99. The van der Waals surface area contributed by atoms with Crippen LogP contribution in [-0.2, 0) is 4.79 Å². The molecular formula is C20H21F2N3OS. The van der Waals surface area contributed by atoms with Crippen molar-refractivity contribution in [2.24, 2.45) is 0 Å². The summed E-state index contributed by atoms with van der Waals surface area (Å²) >= 11 is 0.470. The highest BCUT2D eigenvalue weighted by Crippen LogP contribution is 2.26. The van der Waals surface area contributed by atoms with E-state index >= 15 is 0 Å². The molecule has 2 aromatic rings. The van der Waals surface area contributed by atoms with Crippen molar-refractivity contribution in [3.05, 3.63) is 59.7 Å². The van der Waals surface area contributed by atoms with E-state index in [9.17, 15) is 13.6 Å². The molecule has 0 aliphatic carbocycles. The van der Waals surface area contributed by atoms with Gasteiger partial charge in [-0.1, -0.05) is 30.8 Å². The van der Waals surface area contributed by atoms with Gasteiger partial charge in [0.2, 0.25) is 5.91 Å². The number of nitriles is 1. The maximum Gasteiger partial charge on any atom is 0.288 e. The van der Waals surface area contributed by atoms with Crippen molar-refractivity contribution < 1.29 is 13.6 Å². The molecule has 0 saturated heterocycles. The molecule has 0 spiro atoms. The Kier molecular flexibility index (Phi) is 7.77. The third-order valence-electron chi connectivity index (χ3n) is 4.19. The second kappa shape index (κ2) is 10.0. The van der Waals surface area contributed by atoms with E-state index in [2.05, 4.69) is 11.4 Å². The van der Waals surface area contributed by atoms with Crippen LogP contribution in [0.3, 0.4) is 0 Å².